The number of nitrogens with one attached hydrogen (secondary N) is 1. The molecule has 0 heterocycles. The minimum atomic E-state index is -0.838. The van der Waals surface area contributed by atoms with Crippen LogP contribution in [0.4, 0.5) is 4.79 Å². The number of carbonyl (C=O) groups is 2. The van der Waals surface area contributed by atoms with Gasteiger partial charge < -0.3 is 14.8 Å². The number of rotatable bonds is 6. The molecule has 1 amide bonds. The lowest BCUT2D eigenvalue weighted by atomic mass is 10.1. The molecule has 0 aliphatic carbocycles. The van der Waals surface area contributed by atoms with E-state index in [0.717, 1.165) is 20.1 Å². The monoisotopic (exact) mass is 469 g/mol. The van der Waals surface area contributed by atoms with Crippen LogP contribution in [0.15, 0.2) is 57.5 Å². The van der Waals surface area contributed by atoms with Gasteiger partial charge in [-0.15, -0.1) is 0 Å². The summed E-state index contributed by atoms with van der Waals surface area (Å²) in [5.74, 6) is -0.534. The maximum atomic E-state index is 12.0. The minimum absolute atomic E-state index is 0.128. The highest BCUT2D eigenvalue weighted by Crippen LogP contribution is 2.21. The number of alkyl carbamates (subject to hydrolysis) is 1. The van der Waals surface area contributed by atoms with Gasteiger partial charge in [0, 0.05) is 15.4 Å². The number of amides is 1. The fourth-order valence-corrected chi connectivity index (χ4v) is 3.60. The third kappa shape index (κ3) is 6.51. The Morgan fingerprint density at radius 1 is 1.04 bits per heavy atom. The summed E-state index contributed by atoms with van der Waals surface area (Å²) >= 11 is 6.80. The largest absolute Gasteiger partial charge is 0.467 e. The standard InChI is InChI=1S/C18H17Br2NO4/c1-24-17(22)16(9-13-7-14(19)10-15(20)8-13)21-18(23)25-11-12-5-3-2-4-6-12/h2-8,10,16H,9,11H2,1H3,(H,21,23). The van der Waals surface area contributed by atoms with E-state index in [4.69, 9.17) is 9.47 Å². The molecule has 1 unspecified atom stereocenters. The molecule has 0 bridgehead atoms. The second-order valence-electron chi connectivity index (χ2n) is 5.26. The number of ether oxygens (including phenoxy) is 2. The average Bonchev–Trinajstić information content (AvgIpc) is 2.58. The van der Waals surface area contributed by atoms with Gasteiger partial charge >= 0.3 is 12.1 Å². The Bertz CT molecular complexity index is 717. The molecule has 0 spiro atoms. The van der Waals surface area contributed by atoms with Crippen molar-refractivity contribution >= 4 is 43.9 Å². The smallest absolute Gasteiger partial charge is 0.408 e. The summed E-state index contributed by atoms with van der Waals surface area (Å²) in [4.78, 5) is 24.0. The van der Waals surface area contributed by atoms with E-state index in [2.05, 4.69) is 37.2 Å². The quantitative estimate of drug-likeness (QED) is 0.642. The molecule has 5 nitrogen and oxygen atoms in total. The number of esters is 1. The van der Waals surface area contributed by atoms with Gasteiger partial charge in [0.15, 0.2) is 0 Å². The van der Waals surface area contributed by atoms with E-state index in [1.807, 2.05) is 48.5 Å². The van der Waals surface area contributed by atoms with E-state index in [1.165, 1.54) is 7.11 Å². The zero-order valence-electron chi connectivity index (χ0n) is 13.5. The lowest BCUT2D eigenvalue weighted by molar-refractivity contribution is -0.143. The highest BCUT2D eigenvalue weighted by atomic mass is 79.9. The molecular weight excluding hydrogens is 454 g/mol. The number of carbonyl (C=O) groups excluding carboxylic acids is 2. The van der Waals surface area contributed by atoms with Gasteiger partial charge in [0.05, 0.1) is 7.11 Å². The SMILES string of the molecule is COC(=O)C(Cc1cc(Br)cc(Br)c1)NC(=O)OCc1ccccc1. The van der Waals surface area contributed by atoms with Crippen molar-refractivity contribution in [2.75, 3.05) is 7.11 Å². The first kappa shape index (κ1) is 19.5. The molecule has 1 N–H and O–H groups in total. The molecule has 1 atom stereocenters. The summed E-state index contributed by atoms with van der Waals surface area (Å²) < 4.78 is 11.7. The molecule has 2 aromatic rings. The molecule has 0 radical (unpaired) electrons. The van der Waals surface area contributed by atoms with Gasteiger partial charge in [0.25, 0.3) is 0 Å². The van der Waals surface area contributed by atoms with Crippen LogP contribution in [0.25, 0.3) is 0 Å². The molecule has 0 saturated heterocycles. The number of methoxy groups -OCH3 is 1. The Morgan fingerprint density at radius 2 is 1.68 bits per heavy atom. The Hall–Kier alpha value is -1.86. The predicted molar refractivity (Wildman–Crippen MR) is 101 cm³/mol. The van der Waals surface area contributed by atoms with Crippen molar-refractivity contribution in [2.45, 2.75) is 19.1 Å². The molecule has 0 saturated carbocycles. The van der Waals surface area contributed by atoms with Crippen LogP contribution < -0.4 is 5.32 Å². The molecule has 2 aromatic carbocycles. The van der Waals surface area contributed by atoms with E-state index in [0.29, 0.717) is 0 Å². The van der Waals surface area contributed by atoms with Crippen molar-refractivity contribution < 1.29 is 19.1 Å². The zero-order chi connectivity index (χ0) is 18.2. The fourth-order valence-electron chi connectivity index (χ4n) is 2.21. The zero-order valence-corrected chi connectivity index (χ0v) is 16.7. The van der Waals surface area contributed by atoms with Gasteiger partial charge in [-0.25, -0.2) is 9.59 Å². The van der Waals surface area contributed by atoms with Gasteiger partial charge in [-0.3, -0.25) is 0 Å². The molecular formula is C18H17Br2NO4. The Balaban J connectivity index is 1.99. The number of hydrogen-bond donors (Lipinski definition) is 1. The Labute approximate surface area is 163 Å². The van der Waals surface area contributed by atoms with Crippen molar-refractivity contribution in [1.82, 2.24) is 5.32 Å². The first-order valence-corrected chi connectivity index (χ1v) is 9.06. The molecule has 0 aliphatic heterocycles. The first-order chi connectivity index (χ1) is 12.0. The minimum Gasteiger partial charge on any atom is -0.467 e. The highest BCUT2D eigenvalue weighted by molar-refractivity contribution is 9.11. The third-order valence-electron chi connectivity index (χ3n) is 3.35. The molecule has 0 aromatic heterocycles. The van der Waals surface area contributed by atoms with Crippen LogP contribution in [0.3, 0.4) is 0 Å². The van der Waals surface area contributed by atoms with Crippen LogP contribution in [-0.4, -0.2) is 25.2 Å². The van der Waals surface area contributed by atoms with E-state index in [-0.39, 0.29) is 13.0 Å². The van der Waals surface area contributed by atoms with Crippen LogP contribution in [0.2, 0.25) is 0 Å². The molecule has 0 fully saturated rings. The topological polar surface area (TPSA) is 64.6 Å². The van der Waals surface area contributed by atoms with Crippen LogP contribution >= 0.6 is 31.9 Å². The average molecular weight is 471 g/mol. The molecule has 2 rings (SSSR count). The lowest BCUT2D eigenvalue weighted by Crippen LogP contribution is -2.43. The maximum Gasteiger partial charge on any atom is 0.408 e. The van der Waals surface area contributed by atoms with E-state index >= 15 is 0 Å². The maximum absolute atomic E-state index is 12.0. The van der Waals surface area contributed by atoms with Gasteiger partial charge in [-0.1, -0.05) is 62.2 Å². The summed E-state index contributed by atoms with van der Waals surface area (Å²) in [6.07, 6.45) is -0.390. The Morgan fingerprint density at radius 3 is 2.28 bits per heavy atom. The normalized spacial score (nSPS) is 11.5. The number of halogens is 2. The van der Waals surface area contributed by atoms with Gasteiger partial charge in [0.2, 0.25) is 0 Å². The molecule has 25 heavy (non-hydrogen) atoms. The van der Waals surface area contributed by atoms with Gasteiger partial charge in [-0.05, 0) is 29.3 Å². The number of hydrogen-bond acceptors (Lipinski definition) is 4. The van der Waals surface area contributed by atoms with Gasteiger partial charge in [0.1, 0.15) is 12.6 Å². The molecule has 0 aliphatic rings. The van der Waals surface area contributed by atoms with Crippen molar-refractivity contribution in [1.29, 1.82) is 0 Å². The highest BCUT2D eigenvalue weighted by Gasteiger charge is 2.23. The summed E-state index contributed by atoms with van der Waals surface area (Å²) in [7, 11) is 1.28. The fraction of sp³-hybridized carbons (Fsp3) is 0.222. The van der Waals surface area contributed by atoms with Crippen molar-refractivity contribution in [3.05, 3.63) is 68.6 Å². The van der Waals surface area contributed by atoms with Crippen LogP contribution in [-0.2, 0) is 27.3 Å². The van der Waals surface area contributed by atoms with E-state index in [1.54, 1.807) is 0 Å². The van der Waals surface area contributed by atoms with Crippen LogP contribution in [0.5, 0.6) is 0 Å². The first-order valence-electron chi connectivity index (χ1n) is 7.48. The van der Waals surface area contributed by atoms with Crippen molar-refractivity contribution in [3.8, 4) is 0 Å². The number of benzene rings is 2. The second-order valence-corrected chi connectivity index (χ2v) is 7.09. The van der Waals surface area contributed by atoms with E-state index in [9.17, 15) is 9.59 Å². The van der Waals surface area contributed by atoms with Crippen molar-refractivity contribution in [2.24, 2.45) is 0 Å². The summed E-state index contributed by atoms with van der Waals surface area (Å²) in [6, 6.07) is 14.1. The predicted octanol–water partition coefficient (Wildman–Crippen LogP) is 4.22. The lowest BCUT2D eigenvalue weighted by Gasteiger charge is -2.17. The summed E-state index contributed by atoms with van der Waals surface area (Å²) in [5, 5.41) is 2.56. The molecule has 7 heteroatoms. The summed E-state index contributed by atoms with van der Waals surface area (Å²) in [6.45, 7) is 0.128. The summed E-state index contributed by atoms with van der Waals surface area (Å²) in [5.41, 5.74) is 1.73. The van der Waals surface area contributed by atoms with E-state index < -0.39 is 18.1 Å². The van der Waals surface area contributed by atoms with Gasteiger partial charge in [-0.2, -0.15) is 0 Å². The van der Waals surface area contributed by atoms with Crippen molar-refractivity contribution in [3.63, 3.8) is 0 Å². The second kappa shape index (κ2) is 9.58. The third-order valence-corrected chi connectivity index (χ3v) is 4.27. The van der Waals surface area contributed by atoms with Crippen LogP contribution in [0, 0.1) is 0 Å². The molecule has 132 valence electrons. The van der Waals surface area contributed by atoms with Crippen LogP contribution in [0.1, 0.15) is 11.1 Å². The Kier molecular flexibility index (Phi) is 7.46.